The summed E-state index contributed by atoms with van der Waals surface area (Å²) in [5, 5.41) is 0. The summed E-state index contributed by atoms with van der Waals surface area (Å²) in [5.41, 5.74) is 0.406. The lowest BCUT2D eigenvalue weighted by molar-refractivity contribution is -0.150. The Morgan fingerprint density at radius 2 is 2.00 bits per heavy atom. The van der Waals surface area contributed by atoms with E-state index in [-0.39, 0.29) is 5.78 Å². The SMILES string of the molecule is COC(=O)/C=C/CC[C@@H]1OC(OC(=O)c2ccccc2)C=CC1=O. The van der Waals surface area contributed by atoms with Gasteiger partial charge in [-0.15, -0.1) is 0 Å². The van der Waals surface area contributed by atoms with Gasteiger partial charge in [-0.25, -0.2) is 9.59 Å². The summed E-state index contributed by atoms with van der Waals surface area (Å²) in [7, 11) is 1.29. The highest BCUT2D eigenvalue weighted by Crippen LogP contribution is 2.17. The van der Waals surface area contributed by atoms with Crippen LogP contribution < -0.4 is 0 Å². The molecule has 0 spiro atoms. The Hall–Kier alpha value is -2.73. The zero-order valence-electron chi connectivity index (χ0n) is 13.2. The third-order valence-electron chi connectivity index (χ3n) is 3.32. The van der Waals surface area contributed by atoms with Crippen LogP contribution in [0.2, 0.25) is 0 Å². The first-order valence-electron chi connectivity index (χ1n) is 7.48. The smallest absolute Gasteiger partial charge is 0.340 e. The minimum Gasteiger partial charge on any atom is -0.466 e. The summed E-state index contributed by atoms with van der Waals surface area (Å²) in [6, 6.07) is 8.52. The zero-order valence-corrected chi connectivity index (χ0v) is 13.2. The Bertz CT molecular complexity index is 647. The Morgan fingerprint density at radius 1 is 1.25 bits per heavy atom. The summed E-state index contributed by atoms with van der Waals surface area (Å²) >= 11 is 0. The van der Waals surface area contributed by atoms with Crippen LogP contribution in [0.3, 0.4) is 0 Å². The average molecular weight is 330 g/mol. The zero-order chi connectivity index (χ0) is 17.4. The maximum Gasteiger partial charge on any atom is 0.340 e. The maximum absolute atomic E-state index is 12.0. The van der Waals surface area contributed by atoms with Crippen LogP contribution in [0.1, 0.15) is 23.2 Å². The lowest BCUT2D eigenvalue weighted by atomic mass is 10.1. The summed E-state index contributed by atoms with van der Waals surface area (Å²) in [5.74, 6) is -1.18. The second-order valence-corrected chi connectivity index (χ2v) is 5.03. The Morgan fingerprint density at radius 3 is 2.71 bits per heavy atom. The molecule has 6 nitrogen and oxygen atoms in total. The first-order valence-corrected chi connectivity index (χ1v) is 7.48. The molecule has 1 aromatic carbocycles. The third kappa shape index (κ3) is 5.17. The van der Waals surface area contributed by atoms with Crippen molar-refractivity contribution in [3.8, 4) is 0 Å². The lowest BCUT2D eigenvalue weighted by Gasteiger charge is -2.24. The normalized spacial score (nSPS) is 20.1. The van der Waals surface area contributed by atoms with E-state index in [1.54, 1.807) is 36.4 Å². The van der Waals surface area contributed by atoms with E-state index in [0.717, 1.165) is 0 Å². The number of ether oxygens (including phenoxy) is 3. The predicted molar refractivity (Wildman–Crippen MR) is 85.1 cm³/mol. The van der Waals surface area contributed by atoms with Crippen molar-refractivity contribution in [3.63, 3.8) is 0 Å². The molecule has 0 saturated carbocycles. The highest BCUT2D eigenvalue weighted by atomic mass is 16.7. The predicted octanol–water partition coefficient (Wildman–Crippen LogP) is 2.20. The first-order chi connectivity index (χ1) is 11.6. The molecule has 0 saturated heterocycles. The molecule has 0 bridgehead atoms. The number of rotatable bonds is 6. The molecule has 1 unspecified atom stereocenters. The standard InChI is InChI=1S/C18H18O6/c1-22-16(20)10-6-5-9-15-14(19)11-12-17(23-15)24-18(21)13-7-3-2-4-8-13/h2-4,6-8,10-12,15,17H,5,9H2,1H3/b10-6+/t15-,17?/m0/s1. The third-order valence-corrected chi connectivity index (χ3v) is 3.32. The largest absolute Gasteiger partial charge is 0.466 e. The van der Waals surface area contributed by atoms with Crippen molar-refractivity contribution in [1.82, 2.24) is 0 Å². The van der Waals surface area contributed by atoms with Gasteiger partial charge in [-0.2, -0.15) is 0 Å². The van der Waals surface area contributed by atoms with E-state index in [4.69, 9.17) is 9.47 Å². The molecule has 0 aliphatic carbocycles. The van der Waals surface area contributed by atoms with Gasteiger partial charge in [-0.05, 0) is 37.1 Å². The number of hydrogen-bond donors (Lipinski definition) is 0. The van der Waals surface area contributed by atoms with Crippen molar-refractivity contribution < 1.29 is 28.6 Å². The van der Waals surface area contributed by atoms with Crippen LogP contribution in [0.15, 0.2) is 54.6 Å². The number of esters is 2. The highest BCUT2D eigenvalue weighted by molar-refractivity contribution is 5.94. The Labute approximate surface area is 139 Å². The molecular formula is C18H18O6. The van der Waals surface area contributed by atoms with Gasteiger partial charge in [-0.1, -0.05) is 24.3 Å². The van der Waals surface area contributed by atoms with Crippen LogP contribution in [-0.4, -0.2) is 37.2 Å². The highest BCUT2D eigenvalue weighted by Gasteiger charge is 2.27. The van der Waals surface area contributed by atoms with Crippen molar-refractivity contribution in [2.24, 2.45) is 0 Å². The molecular weight excluding hydrogens is 312 g/mol. The van der Waals surface area contributed by atoms with E-state index in [0.29, 0.717) is 18.4 Å². The van der Waals surface area contributed by atoms with Gasteiger partial charge >= 0.3 is 11.9 Å². The van der Waals surface area contributed by atoms with Crippen molar-refractivity contribution in [2.45, 2.75) is 25.2 Å². The molecule has 1 aliphatic rings. The molecule has 2 rings (SSSR count). The van der Waals surface area contributed by atoms with E-state index < -0.39 is 24.3 Å². The summed E-state index contributed by atoms with van der Waals surface area (Å²) in [6.07, 6.45) is 4.85. The van der Waals surface area contributed by atoms with Gasteiger partial charge in [0.05, 0.1) is 12.7 Å². The number of allylic oxidation sites excluding steroid dienone is 1. The molecule has 0 amide bonds. The number of methoxy groups -OCH3 is 1. The number of ketones is 1. The fraction of sp³-hybridized carbons (Fsp3) is 0.278. The molecule has 0 aromatic heterocycles. The minimum absolute atomic E-state index is 0.200. The maximum atomic E-state index is 12.0. The van der Waals surface area contributed by atoms with Gasteiger partial charge in [0.2, 0.25) is 6.29 Å². The van der Waals surface area contributed by atoms with Gasteiger partial charge < -0.3 is 14.2 Å². The number of carbonyl (C=O) groups is 3. The summed E-state index contributed by atoms with van der Waals surface area (Å²) in [4.78, 5) is 34.8. The van der Waals surface area contributed by atoms with Crippen LogP contribution in [0.4, 0.5) is 0 Å². The molecule has 24 heavy (non-hydrogen) atoms. The van der Waals surface area contributed by atoms with Crippen LogP contribution in [0.5, 0.6) is 0 Å². The van der Waals surface area contributed by atoms with Gasteiger partial charge in [0.15, 0.2) is 5.78 Å². The van der Waals surface area contributed by atoms with Gasteiger partial charge in [0, 0.05) is 6.08 Å². The molecule has 6 heteroatoms. The van der Waals surface area contributed by atoms with E-state index in [1.165, 1.54) is 25.3 Å². The van der Waals surface area contributed by atoms with Crippen LogP contribution in [0, 0.1) is 0 Å². The van der Waals surface area contributed by atoms with Crippen molar-refractivity contribution >= 4 is 17.7 Å². The van der Waals surface area contributed by atoms with Crippen molar-refractivity contribution in [2.75, 3.05) is 7.11 Å². The molecule has 2 atom stereocenters. The lowest BCUT2D eigenvalue weighted by Crippen LogP contribution is -2.34. The van der Waals surface area contributed by atoms with Crippen molar-refractivity contribution in [1.29, 1.82) is 0 Å². The molecule has 0 radical (unpaired) electrons. The molecule has 126 valence electrons. The molecule has 0 fully saturated rings. The van der Waals surface area contributed by atoms with Crippen LogP contribution in [-0.2, 0) is 23.8 Å². The van der Waals surface area contributed by atoms with E-state index in [1.807, 2.05) is 0 Å². The first kappa shape index (κ1) is 17.6. The fourth-order valence-corrected chi connectivity index (χ4v) is 2.08. The summed E-state index contributed by atoms with van der Waals surface area (Å²) < 4.78 is 15.2. The second kappa shape index (κ2) is 8.79. The van der Waals surface area contributed by atoms with Crippen molar-refractivity contribution in [3.05, 3.63) is 60.2 Å². The van der Waals surface area contributed by atoms with E-state index in [9.17, 15) is 14.4 Å². The number of benzene rings is 1. The quantitative estimate of drug-likeness (QED) is 0.588. The van der Waals surface area contributed by atoms with E-state index in [2.05, 4.69) is 4.74 Å². The topological polar surface area (TPSA) is 78.9 Å². The van der Waals surface area contributed by atoms with Gasteiger partial charge in [-0.3, -0.25) is 4.79 Å². The number of hydrogen-bond acceptors (Lipinski definition) is 6. The molecule has 1 aliphatic heterocycles. The van der Waals surface area contributed by atoms with Crippen LogP contribution in [0.25, 0.3) is 0 Å². The number of carbonyl (C=O) groups excluding carboxylic acids is 3. The average Bonchev–Trinajstić information content (AvgIpc) is 2.61. The van der Waals surface area contributed by atoms with Gasteiger partial charge in [0.25, 0.3) is 0 Å². The fourth-order valence-electron chi connectivity index (χ4n) is 2.08. The molecule has 1 heterocycles. The monoisotopic (exact) mass is 330 g/mol. The van der Waals surface area contributed by atoms with Gasteiger partial charge in [0.1, 0.15) is 6.10 Å². The molecule has 1 aromatic rings. The Kier molecular flexibility index (Phi) is 6.45. The minimum atomic E-state index is -0.912. The van der Waals surface area contributed by atoms with Crippen LogP contribution >= 0.6 is 0 Å². The molecule has 0 N–H and O–H groups in total. The van der Waals surface area contributed by atoms with E-state index >= 15 is 0 Å². The second-order valence-electron chi connectivity index (χ2n) is 5.03. The Balaban J connectivity index is 1.87. The summed E-state index contributed by atoms with van der Waals surface area (Å²) in [6.45, 7) is 0.